The van der Waals surface area contributed by atoms with Crippen LogP contribution in [0.4, 0.5) is 0 Å². The molecule has 1 amide bonds. The highest BCUT2D eigenvalue weighted by Gasteiger charge is 2.28. The van der Waals surface area contributed by atoms with Crippen molar-refractivity contribution >= 4 is 15.9 Å². The lowest BCUT2D eigenvalue weighted by atomic mass is 10.1. The Morgan fingerprint density at radius 3 is 2.11 bits per heavy atom. The predicted octanol–water partition coefficient (Wildman–Crippen LogP) is 1.21. The number of nitrogens with zero attached hydrogens (tertiary/aromatic N) is 1. The third-order valence-corrected chi connectivity index (χ3v) is 3.91. The Hall–Kier alpha value is -0.620. The molecule has 0 unspecified atom stereocenters. The molecule has 0 saturated heterocycles. The zero-order valence-corrected chi connectivity index (χ0v) is 13.1. The number of nitrogens with one attached hydrogen (secondary N) is 1. The van der Waals surface area contributed by atoms with E-state index in [1.54, 1.807) is 0 Å². The van der Waals surface area contributed by atoms with Crippen LogP contribution in [0.15, 0.2) is 0 Å². The molecule has 0 aromatic rings. The quantitative estimate of drug-likeness (QED) is 0.794. The summed E-state index contributed by atoms with van der Waals surface area (Å²) in [6, 6.07) is 0. The first kappa shape index (κ1) is 17.4. The zero-order valence-electron chi connectivity index (χ0n) is 12.3. The van der Waals surface area contributed by atoms with Crippen molar-refractivity contribution in [2.75, 3.05) is 19.3 Å². The predicted molar refractivity (Wildman–Crippen MR) is 73.8 cm³/mol. The van der Waals surface area contributed by atoms with Gasteiger partial charge in [-0.3, -0.25) is 4.79 Å². The van der Waals surface area contributed by atoms with Crippen molar-refractivity contribution < 1.29 is 13.2 Å². The SMILES string of the molecule is CC(C)CC(=O)NCCN(C(C)(C)C)S(C)(=O)=O. The Kier molecular flexibility index (Phi) is 6.29. The maximum Gasteiger partial charge on any atom is 0.220 e. The van der Waals surface area contributed by atoms with Crippen molar-refractivity contribution in [1.82, 2.24) is 9.62 Å². The smallest absolute Gasteiger partial charge is 0.220 e. The molecule has 0 radical (unpaired) electrons. The minimum Gasteiger partial charge on any atom is -0.355 e. The summed E-state index contributed by atoms with van der Waals surface area (Å²) in [4.78, 5) is 11.5. The number of rotatable bonds is 6. The van der Waals surface area contributed by atoms with Crippen LogP contribution in [-0.2, 0) is 14.8 Å². The van der Waals surface area contributed by atoms with Gasteiger partial charge in [0.1, 0.15) is 0 Å². The summed E-state index contributed by atoms with van der Waals surface area (Å²) >= 11 is 0. The van der Waals surface area contributed by atoms with E-state index in [0.29, 0.717) is 25.4 Å². The molecule has 0 saturated carbocycles. The van der Waals surface area contributed by atoms with Gasteiger partial charge in [-0.05, 0) is 26.7 Å². The van der Waals surface area contributed by atoms with Crippen LogP contribution in [0, 0.1) is 5.92 Å². The molecular weight excluding hydrogens is 252 g/mol. The van der Waals surface area contributed by atoms with Crippen molar-refractivity contribution in [2.45, 2.75) is 46.6 Å². The third kappa shape index (κ3) is 6.96. The fraction of sp³-hybridized carbons (Fsp3) is 0.917. The van der Waals surface area contributed by atoms with E-state index in [9.17, 15) is 13.2 Å². The van der Waals surface area contributed by atoms with Crippen molar-refractivity contribution in [3.8, 4) is 0 Å². The van der Waals surface area contributed by atoms with Gasteiger partial charge in [0.15, 0.2) is 0 Å². The van der Waals surface area contributed by atoms with Crippen LogP contribution in [0.3, 0.4) is 0 Å². The first-order valence-electron chi connectivity index (χ1n) is 6.19. The van der Waals surface area contributed by atoms with Crippen molar-refractivity contribution in [2.24, 2.45) is 5.92 Å². The van der Waals surface area contributed by atoms with Gasteiger partial charge in [0.05, 0.1) is 6.26 Å². The van der Waals surface area contributed by atoms with Crippen molar-refractivity contribution in [3.63, 3.8) is 0 Å². The van der Waals surface area contributed by atoms with Gasteiger partial charge in [-0.25, -0.2) is 8.42 Å². The average Bonchev–Trinajstić information content (AvgIpc) is 2.06. The van der Waals surface area contributed by atoms with E-state index in [-0.39, 0.29) is 5.91 Å². The minimum atomic E-state index is -3.26. The molecule has 0 heterocycles. The molecule has 1 N–H and O–H groups in total. The normalized spacial score (nSPS) is 13.1. The molecule has 0 fully saturated rings. The summed E-state index contributed by atoms with van der Waals surface area (Å²) in [6.07, 6.45) is 1.66. The molecule has 0 aliphatic heterocycles. The van der Waals surface area contributed by atoms with Crippen LogP contribution >= 0.6 is 0 Å². The van der Waals surface area contributed by atoms with E-state index in [0.717, 1.165) is 0 Å². The molecule has 0 rings (SSSR count). The van der Waals surface area contributed by atoms with Gasteiger partial charge in [0, 0.05) is 25.0 Å². The summed E-state index contributed by atoms with van der Waals surface area (Å²) in [5.74, 6) is 0.269. The standard InChI is InChI=1S/C12H26N2O3S/c1-10(2)9-11(15)13-7-8-14(12(3,4)5)18(6,16)17/h10H,7-9H2,1-6H3,(H,13,15). The van der Waals surface area contributed by atoms with Gasteiger partial charge < -0.3 is 5.32 Å². The fourth-order valence-corrected chi connectivity index (χ4v) is 3.16. The molecule has 6 heteroatoms. The second kappa shape index (κ2) is 6.52. The summed E-state index contributed by atoms with van der Waals surface area (Å²) < 4.78 is 24.7. The minimum absolute atomic E-state index is 0.0349. The third-order valence-electron chi connectivity index (χ3n) is 2.38. The topological polar surface area (TPSA) is 66.5 Å². The number of carbonyl (C=O) groups excluding carboxylic acids is 1. The van der Waals surface area contributed by atoms with Gasteiger partial charge in [-0.15, -0.1) is 0 Å². The molecule has 0 aromatic carbocycles. The van der Waals surface area contributed by atoms with Crippen LogP contribution in [0.2, 0.25) is 0 Å². The van der Waals surface area contributed by atoms with E-state index in [2.05, 4.69) is 5.32 Å². The molecule has 0 spiro atoms. The van der Waals surface area contributed by atoms with E-state index < -0.39 is 15.6 Å². The average molecular weight is 278 g/mol. The molecule has 0 aliphatic carbocycles. The number of amides is 1. The lowest BCUT2D eigenvalue weighted by Gasteiger charge is -2.33. The zero-order chi connectivity index (χ0) is 14.6. The largest absolute Gasteiger partial charge is 0.355 e. The molecule has 18 heavy (non-hydrogen) atoms. The highest BCUT2D eigenvalue weighted by Crippen LogP contribution is 2.16. The Morgan fingerprint density at radius 2 is 1.78 bits per heavy atom. The van der Waals surface area contributed by atoms with Crippen LogP contribution in [-0.4, -0.2) is 43.5 Å². The maximum absolute atomic E-state index is 11.6. The Balaban J connectivity index is 4.36. The monoisotopic (exact) mass is 278 g/mol. The van der Waals surface area contributed by atoms with Gasteiger partial charge in [-0.1, -0.05) is 13.8 Å². The van der Waals surface area contributed by atoms with E-state index in [1.807, 2.05) is 34.6 Å². The molecular formula is C12H26N2O3S. The van der Waals surface area contributed by atoms with E-state index in [1.165, 1.54) is 10.6 Å². The highest BCUT2D eigenvalue weighted by molar-refractivity contribution is 7.88. The van der Waals surface area contributed by atoms with Crippen LogP contribution in [0.1, 0.15) is 41.0 Å². The lowest BCUT2D eigenvalue weighted by Crippen LogP contribution is -2.48. The molecule has 5 nitrogen and oxygen atoms in total. The van der Waals surface area contributed by atoms with Crippen LogP contribution in [0.5, 0.6) is 0 Å². The summed E-state index contributed by atoms with van der Waals surface area (Å²) in [7, 11) is -3.26. The van der Waals surface area contributed by atoms with E-state index >= 15 is 0 Å². The number of hydrogen-bond acceptors (Lipinski definition) is 3. The van der Waals surface area contributed by atoms with Gasteiger partial charge in [-0.2, -0.15) is 4.31 Å². The maximum atomic E-state index is 11.6. The van der Waals surface area contributed by atoms with Gasteiger partial charge >= 0.3 is 0 Å². The first-order chi connectivity index (χ1) is 7.94. The van der Waals surface area contributed by atoms with Crippen molar-refractivity contribution in [1.29, 1.82) is 0 Å². The van der Waals surface area contributed by atoms with Crippen molar-refractivity contribution in [3.05, 3.63) is 0 Å². The molecule has 0 atom stereocenters. The molecule has 108 valence electrons. The van der Waals surface area contributed by atoms with E-state index in [4.69, 9.17) is 0 Å². The Morgan fingerprint density at radius 1 is 1.28 bits per heavy atom. The number of sulfonamides is 1. The lowest BCUT2D eigenvalue weighted by molar-refractivity contribution is -0.121. The molecule has 0 bridgehead atoms. The Labute approximate surface area is 111 Å². The first-order valence-corrected chi connectivity index (χ1v) is 8.04. The Bertz CT molecular complexity index is 369. The summed E-state index contributed by atoms with van der Waals surface area (Å²) in [5, 5.41) is 2.74. The summed E-state index contributed by atoms with van der Waals surface area (Å²) in [6.45, 7) is 10.1. The summed E-state index contributed by atoms with van der Waals surface area (Å²) in [5.41, 5.74) is -0.476. The molecule has 0 aliphatic rings. The number of carbonyl (C=O) groups is 1. The molecule has 0 aromatic heterocycles. The number of hydrogen-bond donors (Lipinski definition) is 1. The second-order valence-electron chi connectivity index (χ2n) is 5.95. The second-order valence-corrected chi connectivity index (χ2v) is 7.86. The van der Waals surface area contributed by atoms with Gasteiger partial charge in [0.25, 0.3) is 0 Å². The van der Waals surface area contributed by atoms with Crippen LogP contribution < -0.4 is 5.32 Å². The van der Waals surface area contributed by atoms with Crippen LogP contribution in [0.25, 0.3) is 0 Å². The highest BCUT2D eigenvalue weighted by atomic mass is 32.2. The fourth-order valence-electron chi connectivity index (χ4n) is 1.74. The van der Waals surface area contributed by atoms with Gasteiger partial charge in [0.2, 0.25) is 15.9 Å².